The molecule has 0 atom stereocenters. The number of nitrogen functional groups attached to an aromatic ring is 1. The van der Waals surface area contributed by atoms with E-state index in [9.17, 15) is 4.79 Å². The Labute approximate surface area is 102 Å². The van der Waals surface area contributed by atoms with E-state index < -0.39 is 5.97 Å². The summed E-state index contributed by atoms with van der Waals surface area (Å²) in [5.74, 6) is -0.841. The van der Waals surface area contributed by atoms with Crippen molar-refractivity contribution in [3.05, 3.63) is 23.8 Å². The number of benzene rings is 1. The first kappa shape index (κ1) is 13.4. The average Bonchev–Trinajstić information content (AvgIpc) is 2.26. The molecule has 0 radical (unpaired) electrons. The van der Waals surface area contributed by atoms with Crippen molar-refractivity contribution < 1.29 is 9.90 Å². The Kier molecular flexibility index (Phi) is 5.33. The second-order valence-electron chi connectivity index (χ2n) is 4.12. The van der Waals surface area contributed by atoms with E-state index in [2.05, 4.69) is 12.2 Å². The Morgan fingerprint density at radius 1 is 1.41 bits per heavy atom. The molecule has 0 heterocycles. The molecule has 1 aromatic carbocycles. The van der Waals surface area contributed by atoms with Crippen LogP contribution >= 0.6 is 0 Å². The zero-order chi connectivity index (χ0) is 12.7. The van der Waals surface area contributed by atoms with E-state index >= 15 is 0 Å². The summed E-state index contributed by atoms with van der Waals surface area (Å²) in [6.45, 7) is 3.02. The first-order chi connectivity index (χ1) is 8.13. The van der Waals surface area contributed by atoms with Crippen LogP contribution in [-0.4, -0.2) is 17.6 Å². The first-order valence-corrected chi connectivity index (χ1v) is 5.97. The number of nitrogens with two attached hydrogens (primary N) is 1. The van der Waals surface area contributed by atoms with Crippen LogP contribution in [-0.2, 0) is 11.2 Å². The lowest BCUT2D eigenvalue weighted by atomic mass is 10.1. The van der Waals surface area contributed by atoms with Gasteiger partial charge in [0.1, 0.15) is 0 Å². The van der Waals surface area contributed by atoms with Gasteiger partial charge in [-0.25, -0.2) is 0 Å². The Morgan fingerprint density at radius 2 is 2.18 bits per heavy atom. The third-order valence-electron chi connectivity index (χ3n) is 2.57. The highest BCUT2D eigenvalue weighted by Gasteiger charge is 2.06. The van der Waals surface area contributed by atoms with Crippen molar-refractivity contribution in [3.63, 3.8) is 0 Å². The molecule has 4 nitrogen and oxygen atoms in total. The van der Waals surface area contributed by atoms with Gasteiger partial charge >= 0.3 is 5.97 Å². The summed E-state index contributed by atoms with van der Waals surface area (Å²) in [7, 11) is 0. The molecule has 4 heteroatoms. The number of hydrogen-bond acceptors (Lipinski definition) is 3. The second-order valence-corrected chi connectivity index (χ2v) is 4.12. The van der Waals surface area contributed by atoms with Crippen molar-refractivity contribution in [1.82, 2.24) is 0 Å². The van der Waals surface area contributed by atoms with Crippen molar-refractivity contribution in [2.24, 2.45) is 0 Å². The number of nitrogens with one attached hydrogen (secondary N) is 1. The highest BCUT2D eigenvalue weighted by atomic mass is 16.4. The molecule has 0 aliphatic heterocycles. The molecule has 94 valence electrons. The van der Waals surface area contributed by atoms with Crippen LogP contribution in [0.15, 0.2) is 18.2 Å². The minimum Gasteiger partial charge on any atom is -0.481 e. The third kappa shape index (κ3) is 4.76. The Balaban J connectivity index is 2.65. The molecule has 0 saturated heterocycles. The smallest absolute Gasteiger partial charge is 0.307 e. The highest BCUT2D eigenvalue weighted by molar-refractivity contribution is 5.74. The summed E-state index contributed by atoms with van der Waals surface area (Å²) in [6.07, 6.45) is 3.44. The van der Waals surface area contributed by atoms with Crippen molar-refractivity contribution in [2.45, 2.75) is 32.6 Å². The van der Waals surface area contributed by atoms with E-state index in [0.717, 1.165) is 24.2 Å². The molecule has 0 amide bonds. The summed E-state index contributed by atoms with van der Waals surface area (Å²) in [5.41, 5.74) is 7.87. The van der Waals surface area contributed by atoms with Gasteiger partial charge < -0.3 is 16.2 Å². The van der Waals surface area contributed by atoms with Crippen molar-refractivity contribution in [1.29, 1.82) is 0 Å². The van der Waals surface area contributed by atoms with Crippen LogP contribution in [0.3, 0.4) is 0 Å². The predicted octanol–water partition coefficient (Wildman–Crippen LogP) is 2.50. The fraction of sp³-hybridized carbons (Fsp3) is 0.462. The van der Waals surface area contributed by atoms with Crippen molar-refractivity contribution in [2.75, 3.05) is 17.6 Å². The number of hydrogen-bond donors (Lipinski definition) is 3. The van der Waals surface area contributed by atoms with E-state index in [-0.39, 0.29) is 6.42 Å². The molecule has 0 unspecified atom stereocenters. The van der Waals surface area contributed by atoms with Crippen LogP contribution in [0.4, 0.5) is 11.4 Å². The Bertz CT molecular complexity index is 378. The lowest BCUT2D eigenvalue weighted by molar-refractivity contribution is -0.136. The number of carbonyl (C=O) groups is 1. The number of aliphatic carboxylic acids is 1. The zero-order valence-corrected chi connectivity index (χ0v) is 10.2. The standard InChI is InChI=1S/C13H20N2O2/c1-2-3-4-7-15-12-6-5-11(14)8-10(12)9-13(16)17/h5-6,8,15H,2-4,7,9,14H2,1H3,(H,16,17). The molecule has 0 aliphatic rings. The van der Waals surface area contributed by atoms with Crippen LogP contribution in [0.1, 0.15) is 31.7 Å². The van der Waals surface area contributed by atoms with E-state index in [0.29, 0.717) is 5.69 Å². The van der Waals surface area contributed by atoms with Gasteiger partial charge in [0.25, 0.3) is 0 Å². The van der Waals surface area contributed by atoms with E-state index in [4.69, 9.17) is 10.8 Å². The lowest BCUT2D eigenvalue weighted by Gasteiger charge is -2.11. The molecule has 0 aliphatic carbocycles. The maximum Gasteiger partial charge on any atom is 0.307 e. The van der Waals surface area contributed by atoms with E-state index in [1.807, 2.05) is 6.07 Å². The van der Waals surface area contributed by atoms with Gasteiger partial charge in [0, 0.05) is 17.9 Å². The van der Waals surface area contributed by atoms with Gasteiger partial charge in [0.15, 0.2) is 0 Å². The van der Waals surface area contributed by atoms with Crippen LogP contribution in [0, 0.1) is 0 Å². The molecule has 0 fully saturated rings. The number of rotatable bonds is 7. The second kappa shape index (κ2) is 6.78. The summed E-state index contributed by atoms with van der Waals surface area (Å²) < 4.78 is 0. The predicted molar refractivity (Wildman–Crippen MR) is 70.2 cm³/mol. The molecular weight excluding hydrogens is 216 g/mol. The Morgan fingerprint density at radius 3 is 2.82 bits per heavy atom. The van der Waals surface area contributed by atoms with Crippen LogP contribution in [0.2, 0.25) is 0 Å². The summed E-state index contributed by atoms with van der Waals surface area (Å²) in [6, 6.07) is 5.35. The monoisotopic (exact) mass is 236 g/mol. The molecular formula is C13H20N2O2. The molecule has 0 spiro atoms. The average molecular weight is 236 g/mol. The summed E-state index contributed by atoms with van der Waals surface area (Å²) in [5, 5.41) is 12.1. The van der Waals surface area contributed by atoms with E-state index in [1.165, 1.54) is 12.8 Å². The number of anilines is 2. The van der Waals surface area contributed by atoms with Crippen LogP contribution < -0.4 is 11.1 Å². The molecule has 4 N–H and O–H groups in total. The number of carboxylic acids is 1. The van der Waals surface area contributed by atoms with Gasteiger partial charge in [-0.3, -0.25) is 4.79 Å². The SMILES string of the molecule is CCCCCNc1ccc(N)cc1CC(=O)O. The fourth-order valence-electron chi connectivity index (χ4n) is 1.69. The molecule has 0 bridgehead atoms. The molecule has 0 saturated carbocycles. The van der Waals surface area contributed by atoms with Gasteiger partial charge in [0.05, 0.1) is 6.42 Å². The van der Waals surface area contributed by atoms with Crippen molar-refractivity contribution in [3.8, 4) is 0 Å². The molecule has 1 rings (SSSR count). The zero-order valence-electron chi connectivity index (χ0n) is 10.2. The first-order valence-electron chi connectivity index (χ1n) is 5.97. The number of carboxylic acid groups (broad SMARTS) is 1. The maximum atomic E-state index is 10.7. The normalized spacial score (nSPS) is 10.2. The summed E-state index contributed by atoms with van der Waals surface area (Å²) >= 11 is 0. The van der Waals surface area contributed by atoms with Gasteiger partial charge in [-0.05, 0) is 30.2 Å². The maximum absolute atomic E-state index is 10.7. The minimum atomic E-state index is -0.841. The lowest BCUT2D eigenvalue weighted by Crippen LogP contribution is -2.08. The molecule has 1 aromatic rings. The number of unbranched alkanes of at least 4 members (excludes halogenated alkanes) is 2. The van der Waals surface area contributed by atoms with Gasteiger partial charge in [-0.2, -0.15) is 0 Å². The summed E-state index contributed by atoms with van der Waals surface area (Å²) in [4.78, 5) is 10.7. The molecule has 17 heavy (non-hydrogen) atoms. The third-order valence-corrected chi connectivity index (χ3v) is 2.57. The Hall–Kier alpha value is -1.71. The van der Waals surface area contributed by atoms with Gasteiger partial charge in [-0.15, -0.1) is 0 Å². The topological polar surface area (TPSA) is 75.3 Å². The van der Waals surface area contributed by atoms with Crippen molar-refractivity contribution >= 4 is 17.3 Å². The van der Waals surface area contributed by atoms with Crippen LogP contribution in [0.5, 0.6) is 0 Å². The van der Waals surface area contributed by atoms with Gasteiger partial charge in [0.2, 0.25) is 0 Å². The largest absolute Gasteiger partial charge is 0.481 e. The minimum absolute atomic E-state index is 0.00114. The van der Waals surface area contributed by atoms with Crippen LogP contribution in [0.25, 0.3) is 0 Å². The van der Waals surface area contributed by atoms with Gasteiger partial charge in [-0.1, -0.05) is 19.8 Å². The quantitative estimate of drug-likeness (QED) is 0.502. The van der Waals surface area contributed by atoms with E-state index in [1.54, 1.807) is 12.1 Å². The fourth-order valence-corrected chi connectivity index (χ4v) is 1.69. The molecule has 0 aromatic heterocycles. The highest BCUT2D eigenvalue weighted by Crippen LogP contribution is 2.19.